The lowest BCUT2D eigenvalue weighted by Gasteiger charge is -2.32. The van der Waals surface area contributed by atoms with Gasteiger partial charge in [-0.25, -0.2) is 22.6 Å². The standard InChI is InChI=1S/C29H36N6O4S/c1-4-9-26-30-20(3)27-29(36)31-28(32-35(26)27)24-18-23(12-13-25(24)39-5-2)40(37,38)33-22-14-16-34(17-15-22)19-21-10-7-6-8-11-21/h6-8,10-13,18,22,33H,4-5,9,14-17,19H2,1-3H3,(H,31,32,36). The van der Waals surface area contributed by atoms with Crippen LogP contribution in [0.4, 0.5) is 0 Å². The first kappa shape index (κ1) is 28.0. The summed E-state index contributed by atoms with van der Waals surface area (Å²) in [5.74, 6) is 1.35. The first-order valence-electron chi connectivity index (χ1n) is 13.8. The largest absolute Gasteiger partial charge is 0.493 e. The molecule has 0 bridgehead atoms. The number of ether oxygens (including phenoxy) is 1. The number of imidazole rings is 1. The minimum atomic E-state index is -3.83. The molecule has 0 unspecified atom stereocenters. The number of rotatable bonds is 10. The molecule has 0 amide bonds. The zero-order valence-electron chi connectivity index (χ0n) is 23.2. The van der Waals surface area contributed by atoms with E-state index in [0.29, 0.717) is 41.4 Å². The first-order valence-corrected chi connectivity index (χ1v) is 15.3. The zero-order chi connectivity index (χ0) is 28.3. The van der Waals surface area contributed by atoms with Gasteiger partial charge in [-0.2, -0.15) is 0 Å². The van der Waals surface area contributed by atoms with E-state index in [9.17, 15) is 13.2 Å². The van der Waals surface area contributed by atoms with Crippen molar-refractivity contribution < 1.29 is 13.2 Å². The molecular formula is C29H36N6O4S. The Bertz CT molecular complexity index is 1640. The van der Waals surface area contributed by atoms with Crippen LogP contribution in [0.15, 0.2) is 58.2 Å². The van der Waals surface area contributed by atoms with Gasteiger partial charge in [-0.1, -0.05) is 37.3 Å². The third-order valence-electron chi connectivity index (χ3n) is 7.19. The number of H-pyrrole nitrogens is 1. The molecule has 4 aromatic rings. The van der Waals surface area contributed by atoms with Gasteiger partial charge in [-0.15, -0.1) is 5.10 Å². The number of fused-ring (bicyclic) bond motifs is 1. The second-order valence-corrected chi connectivity index (χ2v) is 11.9. The lowest BCUT2D eigenvalue weighted by atomic mass is 10.1. The van der Waals surface area contributed by atoms with Crippen molar-refractivity contribution in [2.45, 2.75) is 63.9 Å². The highest BCUT2D eigenvalue weighted by Crippen LogP contribution is 2.31. The van der Waals surface area contributed by atoms with Crippen LogP contribution in [0, 0.1) is 6.92 Å². The average Bonchev–Trinajstić information content (AvgIpc) is 3.26. The van der Waals surface area contributed by atoms with E-state index in [-0.39, 0.29) is 22.3 Å². The maximum atomic E-state index is 13.5. The summed E-state index contributed by atoms with van der Waals surface area (Å²) >= 11 is 0. The number of nitrogens with one attached hydrogen (secondary N) is 2. The van der Waals surface area contributed by atoms with E-state index in [4.69, 9.17) is 4.74 Å². The highest BCUT2D eigenvalue weighted by atomic mass is 32.2. The maximum absolute atomic E-state index is 13.5. The van der Waals surface area contributed by atoms with Crippen LogP contribution < -0.4 is 15.0 Å². The van der Waals surface area contributed by atoms with E-state index < -0.39 is 10.0 Å². The van der Waals surface area contributed by atoms with Crippen LogP contribution in [-0.2, 0) is 23.0 Å². The van der Waals surface area contributed by atoms with Gasteiger partial charge in [0.15, 0.2) is 11.3 Å². The molecule has 40 heavy (non-hydrogen) atoms. The number of benzene rings is 2. The van der Waals surface area contributed by atoms with E-state index in [1.165, 1.54) is 17.7 Å². The van der Waals surface area contributed by atoms with Crippen molar-refractivity contribution in [3.8, 4) is 17.1 Å². The van der Waals surface area contributed by atoms with Gasteiger partial charge >= 0.3 is 0 Å². The number of aryl methyl sites for hydroxylation is 2. The van der Waals surface area contributed by atoms with Crippen LogP contribution in [0.1, 0.15) is 50.2 Å². The molecule has 1 fully saturated rings. The molecule has 1 saturated heterocycles. The Morgan fingerprint density at radius 3 is 2.55 bits per heavy atom. The third-order valence-corrected chi connectivity index (χ3v) is 8.71. The summed E-state index contributed by atoms with van der Waals surface area (Å²) in [7, 11) is -3.83. The number of hydrogen-bond donors (Lipinski definition) is 2. The molecule has 1 aliphatic rings. The van der Waals surface area contributed by atoms with Crippen molar-refractivity contribution in [3.63, 3.8) is 0 Å². The Balaban J connectivity index is 1.40. The van der Waals surface area contributed by atoms with Gasteiger partial charge in [0, 0.05) is 32.1 Å². The van der Waals surface area contributed by atoms with Crippen LogP contribution in [0.25, 0.3) is 16.9 Å². The quantitative estimate of drug-likeness (QED) is 0.301. The maximum Gasteiger partial charge on any atom is 0.277 e. The van der Waals surface area contributed by atoms with Crippen molar-refractivity contribution in [2.24, 2.45) is 0 Å². The average molecular weight is 565 g/mol. The van der Waals surface area contributed by atoms with Crippen LogP contribution >= 0.6 is 0 Å². The van der Waals surface area contributed by atoms with E-state index in [2.05, 4.69) is 36.8 Å². The summed E-state index contributed by atoms with van der Waals surface area (Å²) in [5.41, 5.74) is 2.29. The Morgan fingerprint density at radius 1 is 1.10 bits per heavy atom. The number of piperidine rings is 1. The summed E-state index contributed by atoms with van der Waals surface area (Å²) in [6, 6.07) is 14.8. The number of aromatic amines is 1. The predicted octanol–water partition coefficient (Wildman–Crippen LogP) is 3.69. The number of sulfonamides is 1. The number of aromatic nitrogens is 4. The van der Waals surface area contributed by atoms with Crippen LogP contribution in [0.3, 0.4) is 0 Å². The van der Waals surface area contributed by atoms with E-state index in [1.807, 2.05) is 32.0 Å². The topological polar surface area (TPSA) is 122 Å². The number of hydrogen-bond acceptors (Lipinski definition) is 7. The molecular weight excluding hydrogens is 528 g/mol. The first-order chi connectivity index (χ1) is 19.3. The molecule has 11 heteroatoms. The molecule has 1 aliphatic heterocycles. The Hall–Kier alpha value is -3.54. The molecule has 2 aromatic carbocycles. The van der Waals surface area contributed by atoms with Crippen LogP contribution in [0.5, 0.6) is 5.75 Å². The minimum Gasteiger partial charge on any atom is -0.493 e. The number of likely N-dealkylation sites (tertiary alicyclic amines) is 1. The fourth-order valence-electron chi connectivity index (χ4n) is 5.22. The van der Waals surface area contributed by atoms with E-state index in [0.717, 1.165) is 38.9 Å². The summed E-state index contributed by atoms with van der Waals surface area (Å²) in [4.78, 5) is 22.8. The Kier molecular flexibility index (Phi) is 8.34. The Labute approximate surface area is 234 Å². The van der Waals surface area contributed by atoms with Gasteiger partial charge in [0.05, 0.1) is 22.8 Å². The van der Waals surface area contributed by atoms with Crippen molar-refractivity contribution in [1.82, 2.24) is 29.2 Å². The zero-order valence-corrected chi connectivity index (χ0v) is 24.0. The molecule has 2 N–H and O–H groups in total. The van der Waals surface area contributed by atoms with Crippen molar-refractivity contribution in [1.29, 1.82) is 0 Å². The fraction of sp³-hybridized carbons (Fsp3) is 0.414. The molecule has 0 saturated carbocycles. The van der Waals surface area contributed by atoms with Gasteiger partial charge in [-0.3, -0.25) is 9.69 Å². The fourth-order valence-corrected chi connectivity index (χ4v) is 6.55. The lowest BCUT2D eigenvalue weighted by Crippen LogP contribution is -2.44. The second kappa shape index (κ2) is 11.9. The van der Waals surface area contributed by atoms with Gasteiger partial charge in [0.25, 0.3) is 5.56 Å². The molecule has 0 spiro atoms. The SMILES string of the molecule is CCCc1nc(C)c2c(=O)[nH]c(-c3cc(S(=O)(=O)NC4CCN(Cc5ccccc5)CC4)ccc3OCC)nn12. The summed E-state index contributed by atoms with van der Waals surface area (Å²) < 4.78 is 37.2. The Morgan fingerprint density at radius 2 is 1.85 bits per heavy atom. The molecule has 0 radical (unpaired) electrons. The number of nitrogens with zero attached hydrogens (tertiary/aromatic N) is 4. The molecule has 0 atom stereocenters. The minimum absolute atomic E-state index is 0.0935. The molecule has 10 nitrogen and oxygen atoms in total. The van der Waals surface area contributed by atoms with Crippen molar-refractivity contribution >= 4 is 15.5 Å². The summed E-state index contributed by atoms with van der Waals surface area (Å²) in [5, 5.41) is 4.67. The predicted molar refractivity (Wildman–Crippen MR) is 154 cm³/mol. The van der Waals surface area contributed by atoms with Gasteiger partial charge < -0.3 is 9.72 Å². The molecule has 212 valence electrons. The third kappa shape index (κ3) is 5.96. The summed E-state index contributed by atoms with van der Waals surface area (Å²) in [6.07, 6.45) is 2.95. The van der Waals surface area contributed by atoms with Crippen LogP contribution in [-0.4, -0.2) is 58.6 Å². The highest BCUT2D eigenvalue weighted by molar-refractivity contribution is 7.89. The normalized spacial score (nSPS) is 15.1. The smallest absolute Gasteiger partial charge is 0.277 e. The monoisotopic (exact) mass is 564 g/mol. The summed E-state index contributed by atoms with van der Waals surface area (Å²) in [6.45, 7) is 8.51. The van der Waals surface area contributed by atoms with E-state index >= 15 is 0 Å². The van der Waals surface area contributed by atoms with Crippen molar-refractivity contribution in [3.05, 3.63) is 76.0 Å². The molecule has 3 heterocycles. The van der Waals surface area contributed by atoms with E-state index in [1.54, 1.807) is 17.5 Å². The molecule has 5 rings (SSSR count). The second-order valence-electron chi connectivity index (χ2n) is 10.2. The van der Waals surface area contributed by atoms with Gasteiger partial charge in [0.2, 0.25) is 10.0 Å². The lowest BCUT2D eigenvalue weighted by molar-refractivity contribution is 0.200. The van der Waals surface area contributed by atoms with Gasteiger partial charge in [-0.05, 0) is 56.9 Å². The van der Waals surface area contributed by atoms with Crippen molar-refractivity contribution in [2.75, 3.05) is 19.7 Å². The molecule has 2 aromatic heterocycles. The molecule has 0 aliphatic carbocycles. The highest BCUT2D eigenvalue weighted by Gasteiger charge is 2.26. The van der Waals surface area contributed by atoms with Gasteiger partial charge in [0.1, 0.15) is 11.6 Å². The van der Waals surface area contributed by atoms with Crippen LogP contribution in [0.2, 0.25) is 0 Å².